The minimum Gasteiger partial charge on any atom is -0.493 e. The van der Waals surface area contributed by atoms with Crippen molar-refractivity contribution in [2.75, 3.05) is 45.3 Å². The van der Waals surface area contributed by atoms with E-state index in [-0.39, 0.29) is 37.8 Å². The molecule has 1 aliphatic heterocycles. The molecule has 0 spiro atoms. The first-order chi connectivity index (χ1) is 14.7. The highest BCUT2D eigenvalue weighted by Crippen LogP contribution is 2.37. The van der Waals surface area contributed by atoms with Crippen molar-refractivity contribution < 1.29 is 32.4 Å². The summed E-state index contributed by atoms with van der Waals surface area (Å²) in [6, 6.07) is 7.39. The van der Waals surface area contributed by atoms with Crippen molar-refractivity contribution in [3.63, 3.8) is 0 Å². The number of benzene rings is 2. The van der Waals surface area contributed by atoms with Crippen molar-refractivity contribution in [1.29, 1.82) is 0 Å². The number of nitrogens with zero attached hydrogens (tertiary/aromatic N) is 3. The van der Waals surface area contributed by atoms with Crippen molar-refractivity contribution >= 4 is 17.3 Å². The van der Waals surface area contributed by atoms with Crippen LogP contribution in [0.2, 0.25) is 0 Å². The fourth-order valence-electron chi connectivity index (χ4n) is 3.49. The molecule has 0 N–H and O–H groups in total. The predicted molar refractivity (Wildman–Crippen MR) is 106 cm³/mol. The maximum absolute atomic E-state index is 13.0. The van der Waals surface area contributed by atoms with E-state index in [0.717, 1.165) is 12.1 Å². The monoisotopic (exact) mass is 439 g/mol. The second-order valence-electron chi connectivity index (χ2n) is 6.78. The maximum Gasteiger partial charge on any atom is 0.416 e. The lowest BCUT2D eigenvalue weighted by atomic mass is 10.1. The highest BCUT2D eigenvalue weighted by molar-refractivity contribution is 5.98. The number of halogens is 3. The molecule has 0 saturated carbocycles. The summed E-state index contributed by atoms with van der Waals surface area (Å²) in [4.78, 5) is 26.6. The van der Waals surface area contributed by atoms with Crippen LogP contribution >= 0.6 is 0 Å². The number of carbonyl (C=O) groups is 1. The van der Waals surface area contributed by atoms with Gasteiger partial charge in [0.25, 0.3) is 11.6 Å². The van der Waals surface area contributed by atoms with E-state index in [2.05, 4.69) is 0 Å². The number of para-hydroxylation sites is 1. The Balaban J connectivity index is 1.79. The van der Waals surface area contributed by atoms with E-state index in [0.29, 0.717) is 23.1 Å². The van der Waals surface area contributed by atoms with Crippen molar-refractivity contribution in [2.45, 2.75) is 6.18 Å². The molecule has 0 bridgehead atoms. The largest absolute Gasteiger partial charge is 0.493 e. The lowest BCUT2D eigenvalue weighted by molar-refractivity contribution is -0.384. The molecular weight excluding hydrogens is 419 g/mol. The van der Waals surface area contributed by atoms with E-state index in [1.165, 1.54) is 14.2 Å². The molecule has 1 aliphatic rings. The van der Waals surface area contributed by atoms with Gasteiger partial charge in [-0.1, -0.05) is 6.07 Å². The Bertz CT molecular complexity index is 989. The van der Waals surface area contributed by atoms with E-state index in [4.69, 9.17) is 9.47 Å². The summed E-state index contributed by atoms with van der Waals surface area (Å²) in [6.07, 6.45) is -4.68. The summed E-state index contributed by atoms with van der Waals surface area (Å²) in [5, 5.41) is 11.4. The van der Waals surface area contributed by atoms with Crippen LogP contribution in [0.4, 0.5) is 24.5 Å². The molecule has 1 amide bonds. The Kier molecular flexibility index (Phi) is 6.23. The fourth-order valence-corrected chi connectivity index (χ4v) is 3.49. The van der Waals surface area contributed by atoms with Crippen LogP contribution in [0.1, 0.15) is 15.9 Å². The lowest BCUT2D eigenvalue weighted by Gasteiger charge is -2.36. The molecule has 0 unspecified atom stereocenters. The molecule has 0 atom stereocenters. The van der Waals surface area contributed by atoms with Gasteiger partial charge in [-0.25, -0.2) is 0 Å². The van der Waals surface area contributed by atoms with Gasteiger partial charge >= 0.3 is 6.18 Å². The molecule has 0 aromatic heterocycles. The topological polar surface area (TPSA) is 85.2 Å². The van der Waals surface area contributed by atoms with Gasteiger partial charge in [0.1, 0.15) is 5.69 Å². The molecule has 11 heteroatoms. The number of ether oxygens (including phenoxy) is 2. The van der Waals surface area contributed by atoms with Crippen LogP contribution in [0.3, 0.4) is 0 Å². The summed E-state index contributed by atoms with van der Waals surface area (Å²) in [6.45, 7) is 0.920. The standard InChI is InChI=1S/C20H20F3N3O5/c1-30-17-5-3-4-14(18(17)31-2)19(27)25-10-8-24(9-11-25)15-7-6-13(20(21,22)23)12-16(15)26(28)29/h3-7,12H,8-11H2,1-2H3. The molecule has 2 aromatic carbocycles. The van der Waals surface area contributed by atoms with E-state index in [9.17, 15) is 28.1 Å². The molecule has 8 nitrogen and oxygen atoms in total. The average molecular weight is 439 g/mol. The quantitative estimate of drug-likeness (QED) is 0.523. The lowest BCUT2D eigenvalue weighted by Crippen LogP contribution is -2.49. The number of hydrogen-bond donors (Lipinski definition) is 0. The van der Waals surface area contributed by atoms with Gasteiger partial charge in [0.15, 0.2) is 11.5 Å². The first-order valence-corrected chi connectivity index (χ1v) is 9.28. The Labute approximate surface area is 175 Å². The van der Waals surface area contributed by atoms with Crippen molar-refractivity contribution in [3.05, 3.63) is 57.6 Å². The van der Waals surface area contributed by atoms with Crippen molar-refractivity contribution in [1.82, 2.24) is 4.90 Å². The average Bonchev–Trinajstić information content (AvgIpc) is 2.77. The van der Waals surface area contributed by atoms with E-state index < -0.39 is 22.4 Å². The highest BCUT2D eigenvalue weighted by Gasteiger charge is 2.34. The normalized spacial score (nSPS) is 14.4. The SMILES string of the molecule is COc1cccc(C(=O)N2CCN(c3ccc(C(F)(F)F)cc3[N+](=O)[O-])CC2)c1OC. The minimum absolute atomic E-state index is 0.0871. The number of carbonyl (C=O) groups excluding carboxylic acids is 1. The van der Waals surface area contributed by atoms with E-state index >= 15 is 0 Å². The van der Waals surface area contributed by atoms with Gasteiger partial charge in [-0.2, -0.15) is 13.2 Å². The summed E-state index contributed by atoms with van der Waals surface area (Å²) >= 11 is 0. The van der Waals surface area contributed by atoms with Gasteiger partial charge in [-0.15, -0.1) is 0 Å². The molecule has 1 fully saturated rings. The second-order valence-corrected chi connectivity index (χ2v) is 6.78. The van der Waals surface area contributed by atoms with Gasteiger partial charge in [-0.05, 0) is 24.3 Å². The van der Waals surface area contributed by atoms with Crippen LogP contribution in [-0.4, -0.2) is 56.1 Å². The van der Waals surface area contributed by atoms with Gasteiger partial charge < -0.3 is 19.3 Å². The third-order valence-corrected chi connectivity index (χ3v) is 5.04. The van der Waals surface area contributed by atoms with Crippen molar-refractivity contribution in [2.24, 2.45) is 0 Å². The number of rotatable bonds is 5. The zero-order chi connectivity index (χ0) is 22.8. The molecule has 2 aromatic rings. The Morgan fingerprint density at radius 3 is 2.29 bits per heavy atom. The zero-order valence-corrected chi connectivity index (χ0v) is 16.8. The first-order valence-electron chi connectivity index (χ1n) is 9.28. The molecule has 0 aliphatic carbocycles. The first kappa shape index (κ1) is 22.2. The number of alkyl halides is 3. The number of nitro benzene ring substituents is 1. The number of amides is 1. The Hall–Kier alpha value is -3.50. The third kappa shape index (κ3) is 4.49. The molecule has 3 rings (SSSR count). The summed E-state index contributed by atoms with van der Waals surface area (Å²) < 4.78 is 49.3. The zero-order valence-electron chi connectivity index (χ0n) is 16.8. The summed E-state index contributed by atoms with van der Waals surface area (Å²) in [7, 11) is 2.89. The minimum atomic E-state index is -4.68. The van der Waals surface area contributed by atoms with Crippen LogP contribution in [0.15, 0.2) is 36.4 Å². The highest BCUT2D eigenvalue weighted by atomic mass is 19.4. The Morgan fingerprint density at radius 1 is 1.06 bits per heavy atom. The molecule has 1 saturated heterocycles. The Morgan fingerprint density at radius 2 is 1.74 bits per heavy atom. The molecular formula is C20H20F3N3O5. The van der Waals surface area contributed by atoms with Gasteiger partial charge in [0, 0.05) is 32.2 Å². The predicted octanol–water partition coefficient (Wildman–Crippen LogP) is 3.59. The van der Waals surface area contributed by atoms with E-state index in [1.807, 2.05) is 0 Å². The number of piperazine rings is 1. The second kappa shape index (κ2) is 8.70. The van der Waals surface area contributed by atoms with Gasteiger partial charge in [-0.3, -0.25) is 14.9 Å². The van der Waals surface area contributed by atoms with Crippen molar-refractivity contribution in [3.8, 4) is 11.5 Å². The van der Waals surface area contributed by atoms with Gasteiger partial charge in [0.2, 0.25) is 0 Å². The molecule has 31 heavy (non-hydrogen) atoms. The summed E-state index contributed by atoms with van der Waals surface area (Å²) in [5.41, 5.74) is -1.30. The molecule has 0 radical (unpaired) electrons. The van der Waals surface area contributed by atoms with Crippen LogP contribution in [0.25, 0.3) is 0 Å². The molecule has 166 valence electrons. The summed E-state index contributed by atoms with van der Waals surface area (Å²) in [5.74, 6) is 0.417. The fraction of sp³-hybridized carbons (Fsp3) is 0.350. The third-order valence-electron chi connectivity index (χ3n) is 5.04. The maximum atomic E-state index is 13.0. The smallest absolute Gasteiger partial charge is 0.416 e. The van der Waals surface area contributed by atoms with Crippen LogP contribution in [0, 0.1) is 10.1 Å². The number of methoxy groups -OCH3 is 2. The van der Waals surface area contributed by atoms with Gasteiger partial charge in [0.05, 0.1) is 30.3 Å². The number of nitro groups is 1. The number of anilines is 1. The van der Waals surface area contributed by atoms with E-state index in [1.54, 1.807) is 28.0 Å². The number of hydrogen-bond acceptors (Lipinski definition) is 6. The van der Waals surface area contributed by atoms with Crippen LogP contribution in [-0.2, 0) is 6.18 Å². The van der Waals surface area contributed by atoms with Crippen LogP contribution < -0.4 is 14.4 Å². The van der Waals surface area contributed by atoms with Crippen LogP contribution in [0.5, 0.6) is 11.5 Å². The molecule has 1 heterocycles.